The molecule has 0 aliphatic heterocycles. The Morgan fingerprint density at radius 1 is 1.08 bits per heavy atom. The number of benzene rings is 1. The molecule has 0 radical (unpaired) electrons. The molecule has 3 aromatic rings. The van der Waals surface area contributed by atoms with Gasteiger partial charge in [0.05, 0.1) is 6.54 Å². The van der Waals surface area contributed by atoms with Crippen molar-refractivity contribution in [2.24, 2.45) is 5.41 Å². The SMILES string of the molecule is CN(Cc1nc(-c2ccccn2)no1)CC1(c2ccccc2)CC1(C)C. The predicted molar refractivity (Wildman–Crippen MR) is 100 cm³/mol. The number of hydrogen-bond acceptors (Lipinski definition) is 5. The van der Waals surface area contributed by atoms with Crippen LogP contribution in [-0.2, 0) is 12.0 Å². The van der Waals surface area contributed by atoms with Gasteiger partial charge in [0.25, 0.3) is 0 Å². The van der Waals surface area contributed by atoms with Gasteiger partial charge in [0.1, 0.15) is 5.69 Å². The molecular weight excluding hydrogens is 324 g/mol. The highest BCUT2D eigenvalue weighted by atomic mass is 16.5. The van der Waals surface area contributed by atoms with Gasteiger partial charge in [-0.15, -0.1) is 0 Å². The molecule has 1 saturated carbocycles. The van der Waals surface area contributed by atoms with E-state index in [1.165, 1.54) is 12.0 Å². The Morgan fingerprint density at radius 3 is 2.46 bits per heavy atom. The first kappa shape index (κ1) is 16.9. The number of aromatic nitrogens is 3. The summed E-state index contributed by atoms with van der Waals surface area (Å²) < 4.78 is 5.44. The average Bonchev–Trinajstić information content (AvgIpc) is 2.97. The lowest BCUT2D eigenvalue weighted by molar-refractivity contribution is 0.235. The molecular formula is C21H24N4O. The van der Waals surface area contributed by atoms with E-state index in [9.17, 15) is 0 Å². The molecule has 1 unspecified atom stereocenters. The number of hydrogen-bond donors (Lipinski definition) is 0. The molecule has 1 fully saturated rings. The van der Waals surface area contributed by atoms with Gasteiger partial charge in [0.15, 0.2) is 0 Å². The third-order valence-electron chi connectivity index (χ3n) is 5.55. The van der Waals surface area contributed by atoms with Gasteiger partial charge in [0.2, 0.25) is 11.7 Å². The summed E-state index contributed by atoms with van der Waals surface area (Å²) in [5, 5.41) is 4.06. The van der Waals surface area contributed by atoms with E-state index in [2.05, 4.69) is 71.3 Å². The molecule has 0 bridgehead atoms. The zero-order valence-electron chi connectivity index (χ0n) is 15.5. The minimum atomic E-state index is 0.187. The quantitative estimate of drug-likeness (QED) is 0.675. The maximum absolute atomic E-state index is 5.44. The van der Waals surface area contributed by atoms with Gasteiger partial charge in [-0.3, -0.25) is 9.88 Å². The van der Waals surface area contributed by atoms with E-state index in [-0.39, 0.29) is 5.41 Å². The van der Waals surface area contributed by atoms with Gasteiger partial charge in [-0.05, 0) is 36.6 Å². The minimum Gasteiger partial charge on any atom is -0.337 e. The summed E-state index contributed by atoms with van der Waals surface area (Å²) in [6.07, 6.45) is 2.92. The van der Waals surface area contributed by atoms with Crippen LogP contribution in [-0.4, -0.2) is 33.6 Å². The topological polar surface area (TPSA) is 55.1 Å². The van der Waals surface area contributed by atoms with Crippen molar-refractivity contribution >= 4 is 0 Å². The predicted octanol–water partition coefficient (Wildman–Crippen LogP) is 3.93. The smallest absolute Gasteiger partial charge is 0.241 e. The molecule has 5 heteroatoms. The molecule has 2 aromatic heterocycles. The van der Waals surface area contributed by atoms with Crippen LogP contribution in [0.5, 0.6) is 0 Å². The molecule has 1 atom stereocenters. The fourth-order valence-electron chi connectivity index (χ4n) is 3.99. The van der Waals surface area contributed by atoms with Gasteiger partial charge < -0.3 is 4.52 Å². The van der Waals surface area contributed by atoms with Crippen molar-refractivity contribution in [3.05, 3.63) is 66.2 Å². The van der Waals surface area contributed by atoms with Crippen LogP contribution in [0.15, 0.2) is 59.3 Å². The Labute approximate surface area is 154 Å². The minimum absolute atomic E-state index is 0.187. The van der Waals surface area contributed by atoms with E-state index in [4.69, 9.17) is 4.52 Å². The van der Waals surface area contributed by atoms with Crippen molar-refractivity contribution in [3.8, 4) is 11.5 Å². The zero-order valence-corrected chi connectivity index (χ0v) is 15.5. The molecule has 0 saturated heterocycles. The number of rotatable bonds is 6. The second-order valence-corrected chi connectivity index (χ2v) is 7.91. The van der Waals surface area contributed by atoms with Crippen molar-refractivity contribution in [1.82, 2.24) is 20.0 Å². The van der Waals surface area contributed by atoms with Gasteiger partial charge in [-0.2, -0.15) is 4.98 Å². The Bertz CT molecular complexity index is 875. The Hall–Kier alpha value is -2.53. The molecule has 2 heterocycles. The fourth-order valence-corrected chi connectivity index (χ4v) is 3.99. The number of nitrogens with zero attached hydrogens (tertiary/aromatic N) is 4. The molecule has 4 rings (SSSR count). The summed E-state index contributed by atoms with van der Waals surface area (Å²) in [5.74, 6) is 1.16. The van der Waals surface area contributed by atoms with Gasteiger partial charge in [0, 0.05) is 18.2 Å². The maximum Gasteiger partial charge on any atom is 0.241 e. The van der Waals surface area contributed by atoms with E-state index in [0.717, 1.165) is 12.2 Å². The fraction of sp³-hybridized carbons (Fsp3) is 0.381. The maximum atomic E-state index is 5.44. The highest BCUT2D eigenvalue weighted by molar-refractivity contribution is 5.47. The van der Waals surface area contributed by atoms with Crippen LogP contribution in [0.2, 0.25) is 0 Å². The lowest BCUT2D eigenvalue weighted by atomic mass is 9.87. The van der Waals surface area contributed by atoms with Crippen molar-refractivity contribution in [1.29, 1.82) is 0 Å². The zero-order chi connectivity index (χ0) is 18.2. The lowest BCUT2D eigenvalue weighted by Gasteiger charge is -2.26. The summed E-state index contributed by atoms with van der Waals surface area (Å²) in [5.41, 5.74) is 2.63. The molecule has 134 valence electrons. The van der Waals surface area contributed by atoms with E-state index >= 15 is 0 Å². The molecule has 0 amide bonds. The standard InChI is InChI=1S/C21H24N4O/c1-20(2)14-21(20,16-9-5-4-6-10-16)15-25(3)13-18-23-19(24-26-18)17-11-7-8-12-22-17/h4-12H,13-15H2,1-3H3. The Balaban J connectivity index is 1.47. The van der Waals surface area contributed by atoms with Crippen LogP contribution in [0.25, 0.3) is 11.5 Å². The monoisotopic (exact) mass is 348 g/mol. The van der Waals surface area contributed by atoms with Crippen molar-refractivity contribution in [2.75, 3.05) is 13.6 Å². The highest BCUT2D eigenvalue weighted by Gasteiger charge is 2.61. The Kier molecular flexibility index (Phi) is 4.11. The van der Waals surface area contributed by atoms with Gasteiger partial charge in [-0.1, -0.05) is 55.4 Å². The van der Waals surface area contributed by atoms with Crippen LogP contribution < -0.4 is 0 Å². The van der Waals surface area contributed by atoms with Crippen molar-refractivity contribution < 1.29 is 4.52 Å². The molecule has 5 nitrogen and oxygen atoms in total. The molecule has 0 N–H and O–H groups in total. The van der Waals surface area contributed by atoms with E-state index in [0.29, 0.717) is 23.7 Å². The first-order valence-corrected chi connectivity index (χ1v) is 8.98. The highest BCUT2D eigenvalue weighted by Crippen LogP contribution is 2.64. The molecule has 1 aliphatic carbocycles. The second-order valence-electron chi connectivity index (χ2n) is 7.91. The van der Waals surface area contributed by atoms with E-state index < -0.39 is 0 Å². The lowest BCUT2D eigenvalue weighted by Crippen LogP contribution is -2.32. The second kappa shape index (κ2) is 6.32. The number of likely N-dealkylation sites (N-methyl/N-ethyl adjacent to an activating group) is 1. The summed E-state index contributed by atoms with van der Waals surface area (Å²) in [4.78, 5) is 11.0. The van der Waals surface area contributed by atoms with E-state index in [1.807, 2.05) is 18.2 Å². The van der Waals surface area contributed by atoms with Crippen LogP contribution in [0.3, 0.4) is 0 Å². The third-order valence-corrected chi connectivity index (χ3v) is 5.55. The molecule has 1 aromatic carbocycles. The molecule has 0 spiro atoms. The summed E-state index contributed by atoms with van der Waals surface area (Å²) >= 11 is 0. The average molecular weight is 348 g/mol. The molecule has 1 aliphatic rings. The van der Waals surface area contributed by atoms with Gasteiger partial charge >= 0.3 is 0 Å². The van der Waals surface area contributed by atoms with Crippen LogP contribution in [0, 0.1) is 5.41 Å². The Morgan fingerprint density at radius 2 is 1.81 bits per heavy atom. The largest absolute Gasteiger partial charge is 0.337 e. The molecule has 26 heavy (non-hydrogen) atoms. The number of pyridine rings is 1. The van der Waals surface area contributed by atoms with Gasteiger partial charge in [-0.25, -0.2) is 0 Å². The normalized spacial score (nSPS) is 21.1. The van der Waals surface area contributed by atoms with Crippen molar-refractivity contribution in [3.63, 3.8) is 0 Å². The van der Waals surface area contributed by atoms with Crippen LogP contribution in [0.1, 0.15) is 31.7 Å². The first-order valence-electron chi connectivity index (χ1n) is 8.98. The first-order chi connectivity index (χ1) is 12.5. The third kappa shape index (κ3) is 3.03. The summed E-state index contributed by atoms with van der Waals surface area (Å²) in [6, 6.07) is 16.5. The van der Waals surface area contributed by atoms with E-state index in [1.54, 1.807) is 6.20 Å². The summed E-state index contributed by atoms with van der Waals surface area (Å²) in [7, 11) is 2.11. The van der Waals surface area contributed by atoms with Crippen molar-refractivity contribution in [2.45, 2.75) is 32.2 Å². The van der Waals surface area contributed by atoms with Crippen LogP contribution in [0.4, 0.5) is 0 Å². The summed E-state index contributed by atoms with van der Waals surface area (Å²) in [6.45, 7) is 6.29. The van der Waals surface area contributed by atoms with Crippen LogP contribution >= 0.6 is 0 Å².